The molecule has 1 amide bonds. The van der Waals surface area contributed by atoms with E-state index in [0.717, 1.165) is 0 Å². The van der Waals surface area contributed by atoms with Gasteiger partial charge in [0.2, 0.25) is 5.91 Å². The van der Waals surface area contributed by atoms with Crippen molar-refractivity contribution in [2.24, 2.45) is 0 Å². The summed E-state index contributed by atoms with van der Waals surface area (Å²) >= 11 is 1.82. The second-order valence-corrected chi connectivity index (χ2v) is 4.07. The summed E-state index contributed by atoms with van der Waals surface area (Å²) in [5.74, 6) is -0.414. The van der Waals surface area contributed by atoms with Gasteiger partial charge in [-0.3, -0.25) is 9.59 Å². The zero-order valence-corrected chi connectivity index (χ0v) is 9.82. The fourth-order valence-corrected chi connectivity index (χ4v) is 1.07. The number of nitrogens with one attached hydrogen (secondary N) is 1. The molecule has 0 fully saturated rings. The summed E-state index contributed by atoms with van der Waals surface area (Å²) in [6.07, 6.45) is 0. The third kappa shape index (κ3) is 3.10. The molecule has 0 bridgehead atoms. The van der Waals surface area contributed by atoms with Crippen molar-refractivity contribution >= 4 is 40.0 Å². The number of alkyl halides is 1. The molecule has 1 N–H and O–H groups in total. The zero-order valence-electron chi connectivity index (χ0n) is 7.66. The van der Waals surface area contributed by atoms with Gasteiger partial charge in [0.1, 0.15) is 3.92 Å². The van der Waals surface area contributed by atoms with Gasteiger partial charge >= 0.3 is 0 Å². The normalized spacial score (nSPS) is 11.9. The summed E-state index contributed by atoms with van der Waals surface area (Å²) in [5, 5.41) is 2.66. The Morgan fingerprint density at radius 2 is 1.86 bits per heavy atom. The van der Waals surface area contributed by atoms with Crippen LogP contribution in [0.4, 0.5) is 5.69 Å². The van der Waals surface area contributed by atoms with Crippen LogP contribution in [-0.4, -0.2) is 15.6 Å². The third-order valence-corrected chi connectivity index (χ3v) is 3.07. The monoisotopic (exact) mass is 303 g/mol. The number of carbonyl (C=O) groups excluding carboxylic acids is 2. The molecule has 0 aliphatic rings. The quantitative estimate of drug-likeness (QED) is 0.527. The molecule has 0 aliphatic heterocycles. The number of para-hydroxylation sites is 1. The van der Waals surface area contributed by atoms with Crippen molar-refractivity contribution in [1.82, 2.24) is 0 Å². The molecule has 3 nitrogen and oxygen atoms in total. The van der Waals surface area contributed by atoms with Gasteiger partial charge in [-0.2, -0.15) is 0 Å². The number of Topliss-reactive ketones (excluding diaryl/α,β-unsaturated/α-hetero) is 1. The van der Waals surface area contributed by atoms with E-state index in [2.05, 4.69) is 5.32 Å². The molecule has 1 rings (SSSR count). The van der Waals surface area contributed by atoms with Gasteiger partial charge in [0.15, 0.2) is 5.78 Å². The predicted molar refractivity (Wildman–Crippen MR) is 63.6 cm³/mol. The summed E-state index contributed by atoms with van der Waals surface area (Å²) < 4.78 is -0.618. The van der Waals surface area contributed by atoms with Crippen LogP contribution in [0.2, 0.25) is 0 Å². The molecule has 14 heavy (non-hydrogen) atoms. The number of carbonyl (C=O) groups is 2. The molecule has 1 unspecified atom stereocenters. The first-order valence-corrected chi connectivity index (χ1v) is 5.36. The van der Waals surface area contributed by atoms with Gasteiger partial charge in [-0.15, -0.1) is 0 Å². The van der Waals surface area contributed by atoms with Crippen molar-refractivity contribution in [2.75, 3.05) is 5.32 Å². The molecule has 0 spiro atoms. The van der Waals surface area contributed by atoms with Gasteiger partial charge < -0.3 is 5.32 Å². The lowest BCUT2D eigenvalue weighted by molar-refractivity contribution is -0.122. The van der Waals surface area contributed by atoms with Crippen LogP contribution in [0, 0.1) is 0 Å². The number of halogens is 1. The van der Waals surface area contributed by atoms with Gasteiger partial charge in [0.25, 0.3) is 0 Å². The standard InChI is InChI=1S/C10H10INO2/c1-7(13)9(11)10(14)12-8-5-3-2-4-6-8/h2-6,9H,1H3,(H,12,14). The van der Waals surface area contributed by atoms with E-state index < -0.39 is 3.92 Å². The topological polar surface area (TPSA) is 46.2 Å². The van der Waals surface area contributed by atoms with Crippen molar-refractivity contribution in [2.45, 2.75) is 10.8 Å². The Bertz CT molecular complexity index is 337. The molecule has 0 aliphatic carbocycles. The molecular formula is C10H10INO2. The summed E-state index contributed by atoms with van der Waals surface area (Å²) in [6.45, 7) is 1.40. The highest BCUT2D eigenvalue weighted by molar-refractivity contribution is 14.1. The first kappa shape index (κ1) is 11.2. The molecule has 0 saturated heterocycles. The number of benzene rings is 1. The highest BCUT2D eigenvalue weighted by Crippen LogP contribution is 2.09. The van der Waals surface area contributed by atoms with Crippen molar-refractivity contribution in [3.05, 3.63) is 30.3 Å². The summed E-state index contributed by atoms with van der Waals surface area (Å²) in [7, 11) is 0. The minimum Gasteiger partial charge on any atom is -0.325 e. The van der Waals surface area contributed by atoms with E-state index in [4.69, 9.17) is 0 Å². The molecule has 0 aromatic heterocycles. The van der Waals surface area contributed by atoms with E-state index in [1.807, 2.05) is 40.8 Å². The number of ketones is 1. The van der Waals surface area contributed by atoms with Crippen LogP contribution >= 0.6 is 22.6 Å². The highest BCUT2D eigenvalue weighted by atomic mass is 127. The van der Waals surface area contributed by atoms with Crippen LogP contribution in [0.5, 0.6) is 0 Å². The van der Waals surface area contributed by atoms with Crippen LogP contribution in [-0.2, 0) is 9.59 Å². The lowest BCUT2D eigenvalue weighted by Crippen LogP contribution is -2.28. The van der Waals surface area contributed by atoms with E-state index in [1.165, 1.54) is 6.92 Å². The maximum Gasteiger partial charge on any atom is 0.244 e. The summed E-state index contributed by atoms with van der Waals surface area (Å²) in [6, 6.07) is 9.07. The first-order chi connectivity index (χ1) is 6.61. The molecule has 0 radical (unpaired) electrons. The number of hydrogen-bond donors (Lipinski definition) is 1. The molecule has 0 heterocycles. The Morgan fingerprint density at radius 3 is 2.36 bits per heavy atom. The highest BCUT2D eigenvalue weighted by Gasteiger charge is 2.18. The lowest BCUT2D eigenvalue weighted by Gasteiger charge is -2.07. The number of anilines is 1. The maximum absolute atomic E-state index is 11.4. The number of amides is 1. The van der Waals surface area contributed by atoms with E-state index in [0.29, 0.717) is 5.69 Å². The molecule has 1 aromatic rings. The van der Waals surface area contributed by atoms with Crippen LogP contribution in [0.3, 0.4) is 0 Å². The summed E-state index contributed by atoms with van der Waals surface area (Å²) in [5.41, 5.74) is 0.709. The van der Waals surface area contributed by atoms with Gasteiger partial charge in [-0.25, -0.2) is 0 Å². The Morgan fingerprint density at radius 1 is 1.29 bits per heavy atom. The first-order valence-electron chi connectivity index (χ1n) is 4.11. The number of hydrogen-bond acceptors (Lipinski definition) is 2. The van der Waals surface area contributed by atoms with Crippen LogP contribution in [0.1, 0.15) is 6.92 Å². The van der Waals surface area contributed by atoms with E-state index in [1.54, 1.807) is 12.1 Å². The van der Waals surface area contributed by atoms with Crippen molar-refractivity contribution in [3.8, 4) is 0 Å². The van der Waals surface area contributed by atoms with E-state index >= 15 is 0 Å². The predicted octanol–water partition coefficient (Wildman–Crippen LogP) is 2.02. The fourth-order valence-electron chi connectivity index (χ4n) is 0.912. The fraction of sp³-hybridized carbons (Fsp3) is 0.200. The second kappa shape index (κ2) is 5.09. The smallest absolute Gasteiger partial charge is 0.244 e. The van der Waals surface area contributed by atoms with Gasteiger partial charge in [-0.1, -0.05) is 40.8 Å². The average molecular weight is 303 g/mol. The Labute approximate surface area is 96.0 Å². The van der Waals surface area contributed by atoms with Crippen molar-refractivity contribution < 1.29 is 9.59 Å². The van der Waals surface area contributed by atoms with Gasteiger partial charge in [0, 0.05) is 5.69 Å². The van der Waals surface area contributed by atoms with Crippen LogP contribution < -0.4 is 5.32 Å². The third-order valence-electron chi connectivity index (χ3n) is 1.63. The van der Waals surface area contributed by atoms with Gasteiger partial charge in [0.05, 0.1) is 0 Å². The maximum atomic E-state index is 11.4. The second-order valence-electron chi connectivity index (χ2n) is 2.83. The Hall–Kier alpha value is -0.910. The van der Waals surface area contributed by atoms with Crippen LogP contribution in [0.15, 0.2) is 30.3 Å². The summed E-state index contributed by atoms with van der Waals surface area (Å²) in [4.78, 5) is 22.3. The zero-order chi connectivity index (χ0) is 10.6. The largest absolute Gasteiger partial charge is 0.325 e. The van der Waals surface area contributed by atoms with Crippen LogP contribution in [0.25, 0.3) is 0 Å². The number of rotatable bonds is 3. The average Bonchev–Trinajstić information content (AvgIpc) is 2.18. The Kier molecular flexibility index (Phi) is 4.06. The Balaban J connectivity index is 2.62. The minimum atomic E-state index is -0.618. The molecule has 1 atom stereocenters. The van der Waals surface area contributed by atoms with E-state index in [9.17, 15) is 9.59 Å². The van der Waals surface area contributed by atoms with Crippen molar-refractivity contribution in [3.63, 3.8) is 0 Å². The molecule has 4 heteroatoms. The SMILES string of the molecule is CC(=O)C(I)C(=O)Nc1ccccc1. The molecular weight excluding hydrogens is 293 g/mol. The van der Waals surface area contributed by atoms with Crippen molar-refractivity contribution in [1.29, 1.82) is 0 Å². The molecule has 74 valence electrons. The van der Waals surface area contributed by atoms with Gasteiger partial charge in [-0.05, 0) is 19.1 Å². The van der Waals surface area contributed by atoms with E-state index in [-0.39, 0.29) is 11.7 Å². The molecule has 1 aromatic carbocycles. The minimum absolute atomic E-state index is 0.140. The molecule has 0 saturated carbocycles. The lowest BCUT2D eigenvalue weighted by atomic mass is 10.2.